The average Bonchev–Trinajstić information content (AvgIpc) is 2.52. The monoisotopic (exact) mass is 382 g/mol. The van der Waals surface area contributed by atoms with Crippen LogP contribution in [0.4, 0.5) is 4.79 Å². The summed E-state index contributed by atoms with van der Waals surface area (Å²) in [7, 11) is 3.16. The molecule has 0 bridgehead atoms. The molecule has 6 nitrogen and oxygen atoms in total. The fourth-order valence-electron chi connectivity index (χ4n) is 2.47. The van der Waals surface area contributed by atoms with E-state index >= 15 is 0 Å². The van der Waals surface area contributed by atoms with E-state index in [1.54, 1.807) is 34.1 Å². The number of urea groups is 1. The first-order chi connectivity index (χ1) is 10.9. The zero-order valence-corrected chi connectivity index (χ0v) is 15.1. The predicted octanol–water partition coefficient (Wildman–Crippen LogP) is 2.99. The molecule has 1 unspecified atom stereocenters. The molecule has 0 saturated heterocycles. The third-order valence-electron chi connectivity index (χ3n) is 3.75. The van der Waals surface area contributed by atoms with Gasteiger partial charge in [0.25, 0.3) is 0 Å². The number of methoxy groups -OCH3 is 1. The molecule has 0 fully saturated rings. The highest BCUT2D eigenvalue weighted by Gasteiger charge is 2.36. The molecule has 124 valence electrons. The summed E-state index contributed by atoms with van der Waals surface area (Å²) in [4.78, 5) is 26.0. The molecule has 1 aromatic carbocycles. The van der Waals surface area contributed by atoms with Gasteiger partial charge in [-0.05, 0) is 32.0 Å². The smallest absolute Gasteiger partial charge is 0.338 e. The zero-order chi connectivity index (χ0) is 17.1. The standard InChI is InChI=1S/C16H19BrN2O4/c1-5-23-15(20)13-9(2)19(3)16(21)18-14(13)11-8-10(17)6-7-12(11)22-4/h6-8,14H,5H2,1-4H3,(H,18,21). The van der Waals surface area contributed by atoms with Crippen molar-refractivity contribution < 1.29 is 19.1 Å². The largest absolute Gasteiger partial charge is 0.496 e. The minimum absolute atomic E-state index is 0.260. The first kappa shape index (κ1) is 17.3. The maximum atomic E-state index is 12.4. The number of benzene rings is 1. The fraction of sp³-hybridized carbons (Fsp3) is 0.375. The van der Waals surface area contributed by atoms with E-state index in [4.69, 9.17) is 9.47 Å². The molecule has 0 aromatic heterocycles. The van der Waals surface area contributed by atoms with Crippen LogP contribution < -0.4 is 10.1 Å². The van der Waals surface area contributed by atoms with Crippen LogP contribution >= 0.6 is 15.9 Å². The van der Waals surface area contributed by atoms with Gasteiger partial charge in [0.15, 0.2) is 0 Å². The summed E-state index contributed by atoms with van der Waals surface area (Å²) in [6.07, 6.45) is 0. The van der Waals surface area contributed by atoms with E-state index in [0.717, 1.165) is 4.47 Å². The Bertz CT molecular complexity index is 672. The van der Waals surface area contributed by atoms with Crippen LogP contribution in [0.25, 0.3) is 0 Å². The van der Waals surface area contributed by atoms with Gasteiger partial charge in [0, 0.05) is 22.8 Å². The number of esters is 1. The number of rotatable bonds is 4. The Balaban J connectivity index is 2.60. The van der Waals surface area contributed by atoms with Gasteiger partial charge in [0.05, 0.1) is 25.3 Å². The van der Waals surface area contributed by atoms with Crippen molar-refractivity contribution in [1.82, 2.24) is 10.2 Å². The highest BCUT2D eigenvalue weighted by atomic mass is 79.9. The van der Waals surface area contributed by atoms with Crippen molar-refractivity contribution >= 4 is 27.9 Å². The maximum absolute atomic E-state index is 12.4. The second-order valence-electron chi connectivity index (χ2n) is 5.05. The molecule has 1 aromatic rings. The normalized spacial score (nSPS) is 17.9. The van der Waals surface area contributed by atoms with E-state index in [-0.39, 0.29) is 12.6 Å². The molecule has 1 atom stereocenters. The first-order valence-corrected chi connectivity index (χ1v) is 7.95. The van der Waals surface area contributed by atoms with Crippen LogP contribution in [0.2, 0.25) is 0 Å². The van der Waals surface area contributed by atoms with Gasteiger partial charge in [-0.15, -0.1) is 0 Å². The Labute approximate surface area is 143 Å². The number of nitrogens with zero attached hydrogens (tertiary/aromatic N) is 1. The third kappa shape index (κ3) is 3.34. The van der Waals surface area contributed by atoms with Crippen molar-refractivity contribution in [2.75, 3.05) is 20.8 Å². The summed E-state index contributed by atoms with van der Waals surface area (Å²) in [5, 5.41) is 2.83. The van der Waals surface area contributed by atoms with Gasteiger partial charge in [-0.3, -0.25) is 0 Å². The number of ether oxygens (including phenoxy) is 2. The first-order valence-electron chi connectivity index (χ1n) is 7.16. The van der Waals surface area contributed by atoms with Gasteiger partial charge in [-0.25, -0.2) is 9.59 Å². The number of amides is 2. The number of hydrogen-bond donors (Lipinski definition) is 1. The van der Waals surface area contributed by atoms with Gasteiger partial charge in [-0.1, -0.05) is 15.9 Å². The Morgan fingerprint density at radius 1 is 1.43 bits per heavy atom. The average molecular weight is 383 g/mol. The van der Waals surface area contributed by atoms with Crippen LogP contribution in [0.15, 0.2) is 33.9 Å². The quantitative estimate of drug-likeness (QED) is 0.812. The molecule has 0 radical (unpaired) electrons. The highest BCUT2D eigenvalue weighted by molar-refractivity contribution is 9.10. The lowest BCUT2D eigenvalue weighted by molar-refractivity contribution is -0.139. The molecule has 2 amide bonds. The molecule has 23 heavy (non-hydrogen) atoms. The molecule has 1 heterocycles. The highest BCUT2D eigenvalue weighted by Crippen LogP contribution is 2.36. The van der Waals surface area contributed by atoms with Crippen LogP contribution in [-0.4, -0.2) is 37.7 Å². The number of hydrogen-bond acceptors (Lipinski definition) is 4. The van der Waals surface area contributed by atoms with Crippen LogP contribution in [-0.2, 0) is 9.53 Å². The Morgan fingerprint density at radius 2 is 2.13 bits per heavy atom. The third-order valence-corrected chi connectivity index (χ3v) is 4.25. The minimum atomic E-state index is -0.634. The second kappa shape index (κ2) is 7.04. The van der Waals surface area contributed by atoms with Crippen LogP contribution in [0.5, 0.6) is 5.75 Å². The molecule has 1 N–H and O–H groups in total. The Kier molecular flexibility index (Phi) is 5.30. The molecule has 0 spiro atoms. The van der Waals surface area contributed by atoms with Crippen LogP contribution in [0.3, 0.4) is 0 Å². The number of carbonyl (C=O) groups is 2. The van der Waals surface area contributed by atoms with Crippen LogP contribution in [0, 0.1) is 0 Å². The summed E-state index contributed by atoms with van der Waals surface area (Å²) in [5.74, 6) is 0.126. The number of nitrogens with one attached hydrogen (secondary N) is 1. The van der Waals surface area contributed by atoms with Crippen molar-refractivity contribution in [3.8, 4) is 5.75 Å². The van der Waals surface area contributed by atoms with Crippen LogP contribution in [0.1, 0.15) is 25.5 Å². The van der Waals surface area contributed by atoms with E-state index in [0.29, 0.717) is 22.6 Å². The maximum Gasteiger partial charge on any atom is 0.338 e. The zero-order valence-electron chi connectivity index (χ0n) is 13.5. The van der Waals surface area contributed by atoms with Gasteiger partial charge in [-0.2, -0.15) is 0 Å². The van der Waals surface area contributed by atoms with Crippen molar-refractivity contribution in [3.05, 3.63) is 39.5 Å². The summed E-state index contributed by atoms with van der Waals surface area (Å²) < 4.78 is 11.4. The Hall–Kier alpha value is -2.02. The van der Waals surface area contributed by atoms with E-state index in [1.807, 2.05) is 12.1 Å². The second-order valence-corrected chi connectivity index (χ2v) is 5.96. The fourth-order valence-corrected chi connectivity index (χ4v) is 2.85. The summed E-state index contributed by atoms with van der Waals surface area (Å²) in [5.41, 5.74) is 1.63. The number of halogens is 1. The van der Waals surface area contributed by atoms with Crippen molar-refractivity contribution in [2.45, 2.75) is 19.9 Å². The van der Waals surface area contributed by atoms with Gasteiger partial charge < -0.3 is 19.7 Å². The van der Waals surface area contributed by atoms with Crippen molar-refractivity contribution in [3.63, 3.8) is 0 Å². The lowest BCUT2D eigenvalue weighted by Crippen LogP contribution is -2.46. The van der Waals surface area contributed by atoms with E-state index < -0.39 is 12.0 Å². The number of allylic oxidation sites excluding steroid dienone is 1. The van der Waals surface area contributed by atoms with Crippen molar-refractivity contribution in [2.24, 2.45) is 0 Å². The molecular weight excluding hydrogens is 364 g/mol. The minimum Gasteiger partial charge on any atom is -0.496 e. The summed E-state index contributed by atoms with van der Waals surface area (Å²) >= 11 is 3.41. The molecule has 0 aliphatic carbocycles. The molecule has 2 rings (SSSR count). The van der Waals surface area contributed by atoms with Crippen molar-refractivity contribution in [1.29, 1.82) is 0 Å². The molecule has 1 aliphatic rings. The van der Waals surface area contributed by atoms with E-state index in [1.165, 1.54) is 4.90 Å². The van der Waals surface area contributed by atoms with Gasteiger partial charge >= 0.3 is 12.0 Å². The lowest BCUT2D eigenvalue weighted by Gasteiger charge is -2.33. The summed E-state index contributed by atoms with van der Waals surface area (Å²) in [6.45, 7) is 3.73. The SMILES string of the molecule is CCOC(=O)C1=C(C)N(C)C(=O)NC1c1cc(Br)ccc1OC. The van der Waals surface area contributed by atoms with Gasteiger partial charge in [0.1, 0.15) is 5.75 Å². The molecule has 7 heteroatoms. The molecule has 0 saturated carbocycles. The Morgan fingerprint density at radius 3 is 2.74 bits per heavy atom. The molecular formula is C16H19BrN2O4. The number of carbonyl (C=O) groups excluding carboxylic acids is 2. The van der Waals surface area contributed by atoms with E-state index in [9.17, 15) is 9.59 Å². The topological polar surface area (TPSA) is 67.9 Å². The van der Waals surface area contributed by atoms with Gasteiger partial charge in [0.2, 0.25) is 0 Å². The van der Waals surface area contributed by atoms with E-state index in [2.05, 4.69) is 21.2 Å². The molecule has 1 aliphatic heterocycles. The lowest BCUT2D eigenvalue weighted by atomic mass is 9.94. The predicted molar refractivity (Wildman–Crippen MR) is 89.1 cm³/mol. The summed E-state index contributed by atoms with van der Waals surface area (Å²) in [6, 6.07) is 4.51.